The highest BCUT2D eigenvalue weighted by atomic mass is 32.1. The Morgan fingerprint density at radius 2 is 2.08 bits per heavy atom. The Bertz CT molecular complexity index is 183. The molecule has 0 unspecified atom stereocenters. The molecule has 0 heterocycles. The Balaban J connectivity index is 3.46. The summed E-state index contributed by atoms with van der Waals surface area (Å²) in [6.07, 6.45) is 0. The second kappa shape index (κ2) is 6.65. The summed E-state index contributed by atoms with van der Waals surface area (Å²) in [7, 11) is 1.34. The first-order valence-corrected chi connectivity index (χ1v) is 4.55. The average molecular weight is 204 g/mol. The topological polar surface area (TPSA) is 50.4 Å². The van der Waals surface area contributed by atoms with E-state index in [4.69, 9.17) is 12.2 Å². The number of methoxy groups -OCH3 is 1. The SMILES string of the molecule is COC(=O)CNC(=S)NCC(C)C. The molecule has 0 aliphatic rings. The lowest BCUT2D eigenvalue weighted by atomic mass is 10.2. The van der Waals surface area contributed by atoms with Crippen molar-refractivity contribution in [2.24, 2.45) is 5.92 Å². The van der Waals surface area contributed by atoms with Gasteiger partial charge in [0.25, 0.3) is 0 Å². The van der Waals surface area contributed by atoms with E-state index in [-0.39, 0.29) is 12.5 Å². The number of hydrogen-bond donors (Lipinski definition) is 2. The molecule has 0 saturated carbocycles. The van der Waals surface area contributed by atoms with Gasteiger partial charge in [0.15, 0.2) is 5.11 Å². The number of esters is 1. The third-order valence-corrected chi connectivity index (χ3v) is 1.58. The molecule has 0 bridgehead atoms. The van der Waals surface area contributed by atoms with Gasteiger partial charge in [0, 0.05) is 6.54 Å². The Kier molecular flexibility index (Phi) is 6.22. The summed E-state index contributed by atoms with van der Waals surface area (Å²) < 4.78 is 4.44. The van der Waals surface area contributed by atoms with E-state index in [1.54, 1.807) is 0 Å². The fourth-order valence-corrected chi connectivity index (χ4v) is 0.739. The summed E-state index contributed by atoms with van der Waals surface area (Å²) in [4.78, 5) is 10.7. The fraction of sp³-hybridized carbons (Fsp3) is 0.750. The summed E-state index contributed by atoms with van der Waals surface area (Å²) in [5, 5.41) is 6.19. The molecule has 2 N–H and O–H groups in total. The van der Waals surface area contributed by atoms with Crippen LogP contribution in [0.5, 0.6) is 0 Å². The number of ether oxygens (including phenoxy) is 1. The lowest BCUT2D eigenvalue weighted by Crippen LogP contribution is -2.39. The van der Waals surface area contributed by atoms with Gasteiger partial charge in [0.1, 0.15) is 6.54 Å². The normalized spacial score (nSPS) is 9.54. The standard InChI is InChI=1S/C8H16N2O2S/c1-6(2)4-9-8(13)10-5-7(11)12-3/h6H,4-5H2,1-3H3,(H2,9,10,13). The van der Waals surface area contributed by atoms with E-state index in [0.717, 1.165) is 6.54 Å². The summed E-state index contributed by atoms with van der Waals surface area (Å²) in [6, 6.07) is 0. The molecule has 76 valence electrons. The molecular weight excluding hydrogens is 188 g/mol. The van der Waals surface area contributed by atoms with Crippen LogP contribution in [0.4, 0.5) is 0 Å². The first-order chi connectivity index (χ1) is 6.06. The highest BCUT2D eigenvalue weighted by molar-refractivity contribution is 7.80. The summed E-state index contributed by atoms with van der Waals surface area (Å²) in [6.45, 7) is 5.07. The lowest BCUT2D eigenvalue weighted by molar-refractivity contribution is -0.139. The fourth-order valence-electron chi connectivity index (χ4n) is 0.584. The first-order valence-electron chi connectivity index (χ1n) is 4.14. The number of rotatable bonds is 4. The number of thiocarbonyl (C=S) groups is 1. The Labute approximate surface area is 84.0 Å². The third kappa shape index (κ3) is 7.52. The molecular formula is C8H16N2O2S. The highest BCUT2D eigenvalue weighted by Gasteiger charge is 2.01. The van der Waals surface area contributed by atoms with E-state index in [1.807, 2.05) is 0 Å². The van der Waals surface area contributed by atoms with Crippen molar-refractivity contribution in [1.82, 2.24) is 10.6 Å². The van der Waals surface area contributed by atoms with Gasteiger partial charge in [-0.25, -0.2) is 0 Å². The van der Waals surface area contributed by atoms with Crippen molar-refractivity contribution in [3.63, 3.8) is 0 Å². The highest BCUT2D eigenvalue weighted by Crippen LogP contribution is 1.86. The zero-order chi connectivity index (χ0) is 10.3. The summed E-state index contributed by atoms with van der Waals surface area (Å²) in [5.41, 5.74) is 0. The molecule has 0 aliphatic carbocycles. The second-order valence-corrected chi connectivity index (χ2v) is 3.44. The van der Waals surface area contributed by atoms with E-state index < -0.39 is 0 Å². The molecule has 0 aromatic carbocycles. The Morgan fingerprint density at radius 3 is 2.54 bits per heavy atom. The van der Waals surface area contributed by atoms with E-state index in [9.17, 15) is 4.79 Å². The maximum absolute atomic E-state index is 10.7. The van der Waals surface area contributed by atoms with Crippen LogP contribution in [0, 0.1) is 5.92 Å². The van der Waals surface area contributed by atoms with Crippen molar-refractivity contribution in [2.75, 3.05) is 20.2 Å². The number of nitrogens with one attached hydrogen (secondary N) is 2. The molecule has 0 aliphatic heterocycles. The van der Waals surface area contributed by atoms with Gasteiger partial charge in [0.05, 0.1) is 7.11 Å². The largest absolute Gasteiger partial charge is 0.468 e. The van der Waals surface area contributed by atoms with Crippen LogP contribution in [0.3, 0.4) is 0 Å². The first kappa shape index (κ1) is 12.2. The van der Waals surface area contributed by atoms with E-state index in [1.165, 1.54) is 7.11 Å². The Morgan fingerprint density at radius 1 is 1.46 bits per heavy atom. The smallest absolute Gasteiger partial charge is 0.325 e. The van der Waals surface area contributed by atoms with Gasteiger partial charge in [-0.1, -0.05) is 13.8 Å². The molecule has 0 atom stereocenters. The molecule has 0 spiro atoms. The van der Waals surface area contributed by atoms with Crippen molar-refractivity contribution in [3.8, 4) is 0 Å². The number of carbonyl (C=O) groups is 1. The number of hydrogen-bond acceptors (Lipinski definition) is 3. The van der Waals surface area contributed by atoms with Crippen molar-refractivity contribution >= 4 is 23.3 Å². The van der Waals surface area contributed by atoms with E-state index >= 15 is 0 Å². The molecule has 0 aromatic heterocycles. The second-order valence-electron chi connectivity index (χ2n) is 3.03. The lowest BCUT2D eigenvalue weighted by Gasteiger charge is -2.10. The van der Waals surface area contributed by atoms with Crippen LogP contribution in [-0.2, 0) is 9.53 Å². The zero-order valence-corrected chi connectivity index (χ0v) is 9.03. The van der Waals surface area contributed by atoms with Crippen molar-refractivity contribution in [2.45, 2.75) is 13.8 Å². The molecule has 0 saturated heterocycles. The van der Waals surface area contributed by atoms with Gasteiger partial charge < -0.3 is 15.4 Å². The van der Waals surface area contributed by atoms with Gasteiger partial charge in [-0.3, -0.25) is 4.79 Å². The van der Waals surface area contributed by atoms with Crippen molar-refractivity contribution < 1.29 is 9.53 Å². The van der Waals surface area contributed by atoms with Crippen LogP contribution >= 0.6 is 12.2 Å². The van der Waals surface area contributed by atoms with Crippen LogP contribution < -0.4 is 10.6 Å². The van der Waals surface area contributed by atoms with E-state index in [0.29, 0.717) is 11.0 Å². The predicted octanol–water partition coefficient (Wildman–Crippen LogP) is 0.279. The average Bonchev–Trinajstić information content (AvgIpc) is 2.10. The van der Waals surface area contributed by atoms with E-state index in [2.05, 4.69) is 29.2 Å². The minimum atomic E-state index is -0.325. The zero-order valence-electron chi connectivity index (χ0n) is 8.22. The van der Waals surface area contributed by atoms with Gasteiger partial charge in [-0.15, -0.1) is 0 Å². The quantitative estimate of drug-likeness (QED) is 0.509. The molecule has 0 aromatic rings. The van der Waals surface area contributed by atoms with Crippen LogP contribution in [0.25, 0.3) is 0 Å². The molecule has 0 amide bonds. The molecule has 4 nitrogen and oxygen atoms in total. The summed E-state index contributed by atoms with van der Waals surface area (Å²) >= 11 is 4.91. The van der Waals surface area contributed by atoms with Crippen LogP contribution in [0.15, 0.2) is 0 Å². The Hall–Kier alpha value is -0.840. The van der Waals surface area contributed by atoms with Crippen LogP contribution in [0.1, 0.15) is 13.8 Å². The van der Waals surface area contributed by atoms with Crippen molar-refractivity contribution in [1.29, 1.82) is 0 Å². The molecule has 5 heteroatoms. The summed E-state index contributed by atoms with van der Waals surface area (Å²) in [5.74, 6) is 0.201. The van der Waals surface area contributed by atoms with Gasteiger partial charge in [0.2, 0.25) is 0 Å². The van der Waals surface area contributed by atoms with Gasteiger partial charge in [-0.05, 0) is 18.1 Å². The maximum Gasteiger partial charge on any atom is 0.325 e. The molecule has 0 radical (unpaired) electrons. The molecule has 13 heavy (non-hydrogen) atoms. The minimum absolute atomic E-state index is 0.112. The van der Waals surface area contributed by atoms with Crippen LogP contribution in [0.2, 0.25) is 0 Å². The van der Waals surface area contributed by atoms with Gasteiger partial charge in [-0.2, -0.15) is 0 Å². The maximum atomic E-state index is 10.7. The van der Waals surface area contributed by atoms with Crippen molar-refractivity contribution in [3.05, 3.63) is 0 Å². The number of carbonyl (C=O) groups excluding carboxylic acids is 1. The third-order valence-electron chi connectivity index (χ3n) is 1.29. The molecule has 0 fully saturated rings. The predicted molar refractivity (Wildman–Crippen MR) is 55.5 cm³/mol. The molecule has 0 rings (SSSR count). The minimum Gasteiger partial charge on any atom is -0.468 e. The van der Waals surface area contributed by atoms with Crippen LogP contribution in [-0.4, -0.2) is 31.3 Å². The van der Waals surface area contributed by atoms with Gasteiger partial charge >= 0.3 is 5.97 Å². The monoisotopic (exact) mass is 204 g/mol.